The summed E-state index contributed by atoms with van der Waals surface area (Å²) in [6.07, 6.45) is 2.86. The monoisotopic (exact) mass is 263 g/mol. The molecular weight excluding hydrogens is 250 g/mol. The maximum absolute atomic E-state index is 12.4. The average molecular weight is 263 g/mol. The predicted molar refractivity (Wildman–Crippen MR) is 64.4 cm³/mol. The van der Waals surface area contributed by atoms with Gasteiger partial charge in [-0.1, -0.05) is 0 Å². The minimum Gasteiger partial charge on any atom is -0.494 e. The lowest BCUT2D eigenvalue weighted by Crippen LogP contribution is -2.58. The number of piperazine rings is 1. The van der Waals surface area contributed by atoms with Crippen molar-refractivity contribution in [2.24, 2.45) is 0 Å². The summed E-state index contributed by atoms with van der Waals surface area (Å²) in [4.78, 5) is 40.3. The van der Waals surface area contributed by atoms with E-state index in [0.29, 0.717) is 5.75 Å². The number of methoxy groups -OCH3 is 1. The molecule has 0 aliphatic carbocycles. The summed E-state index contributed by atoms with van der Waals surface area (Å²) < 4.78 is 5.05. The molecule has 0 bridgehead atoms. The molecule has 1 aromatic heterocycles. The first-order valence-electron chi connectivity index (χ1n) is 5.67. The second kappa shape index (κ2) is 5.05. The molecule has 0 aromatic carbocycles. The van der Waals surface area contributed by atoms with Gasteiger partial charge in [0.1, 0.15) is 18.3 Å². The molecule has 2 heterocycles. The van der Waals surface area contributed by atoms with Crippen molar-refractivity contribution in [2.45, 2.75) is 13.0 Å². The predicted octanol–water partition coefficient (Wildman–Crippen LogP) is -0.423. The van der Waals surface area contributed by atoms with Gasteiger partial charge in [0.15, 0.2) is 0 Å². The van der Waals surface area contributed by atoms with Gasteiger partial charge in [-0.05, 0) is 13.0 Å². The van der Waals surface area contributed by atoms with Gasteiger partial charge in [0, 0.05) is 6.20 Å². The highest BCUT2D eigenvalue weighted by molar-refractivity contribution is 6.07. The summed E-state index contributed by atoms with van der Waals surface area (Å²) in [6, 6.07) is 0.785. The molecule has 1 N–H and O–H groups in total. The molecule has 7 heteroatoms. The molecule has 100 valence electrons. The maximum atomic E-state index is 12.4. The highest BCUT2D eigenvalue weighted by Gasteiger charge is 2.34. The number of imide groups is 1. The van der Waals surface area contributed by atoms with E-state index in [2.05, 4.69) is 10.3 Å². The first kappa shape index (κ1) is 13.0. The quantitative estimate of drug-likeness (QED) is 0.732. The number of carbonyl (C=O) groups is 3. The average Bonchev–Trinajstić information content (AvgIpc) is 2.42. The second-order valence-electron chi connectivity index (χ2n) is 4.10. The molecule has 7 nitrogen and oxygen atoms in total. The third kappa shape index (κ3) is 2.40. The number of ether oxygens (including phenoxy) is 1. The molecule has 19 heavy (non-hydrogen) atoms. The first-order valence-corrected chi connectivity index (χ1v) is 5.67. The Hall–Kier alpha value is -2.44. The van der Waals surface area contributed by atoms with E-state index in [1.54, 1.807) is 6.92 Å². The van der Waals surface area contributed by atoms with Crippen molar-refractivity contribution in [1.82, 2.24) is 15.2 Å². The molecular formula is C12H13N3O4. The Morgan fingerprint density at radius 3 is 2.95 bits per heavy atom. The van der Waals surface area contributed by atoms with Gasteiger partial charge < -0.3 is 9.64 Å². The van der Waals surface area contributed by atoms with Gasteiger partial charge in [0.25, 0.3) is 5.91 Å². The minimum atomic E-state index is -0.705. The van der Waals surface area contributed by atoms with Crippen molar-refractivity contribution in [1.29, 1.82) is 0 Å². The normalized spacial score (nSPS) is 19.1. The Labute approximate surface area is 109 Å². The van der Waals surface area contributed by atoms with Crippen molar-refractivity contribution < 1.29 is 19.1 Å². The van der Waals surface area contributed by atoms with Crippen LogP contribution in [0.2, 0.25) is 0 Å². The number of hydrogen-bond acceptors (Lipinski definition) is 5. The van der Waals surface area contributed by atoms with Crippen molar-refractivity contribution in [3.8, 4) is 5.75 Å². The van der Waals surface area contributed by atoms with Gasteiger partial charge in [-0.3, -0.25) is 24.7 Å². The summed E-state index contributed by atoms with van der Waals surface area (Å²) in [5.41, 5.74) is 0.270. The number of hydrogen-bond donors (Lipinski definition) is 1. The summed E-state index contributed by atoms with van der Waals surface area (Å²) in [5, 5.41) is 2.18. The van der Waals surface area contributed by atoms with Gasteiger partial charge in [-0.25, -0.2) is 0 Å². The lowest BCUT2D eigenvalue weighted by molar-refractivity contribution is -0.138. The summed E-state index contributed by atoms with van der Waals surface area (Å²) in [6.45, 7) is 1.41. The molecule has 1 fully saturated rings. The van der Waals surface area contributed by atoms with Crippen LogP contribution >= 0.6 is 0 Å². The van der Waals surface area contributed by atoms with Gasteiger partial charge in [-0.15, -0.1) is 0 Å². The highest BCUT2D eigenvalue weighted by atomic mass is 16.5. The number of nitrogens with zero attached hydrogens (tertiary/aromatic N) is 2. The number of amides is 3. The second-order valence-corrected chi connectivity index (χ2v) is 4.10. The Morgan fingerprint density at radius 2 is 2.26 bits per heavy atom. The molecule has 1 aromatic rings. The standard InChI is InChI=1S/C12H13N3O4/c1-7-11(17)14-10(16)6-15(7)12(18)8-3-4-13-5-9(8)19-2/h3-5,7H,6H2,1-2H3,(H,14,16,17). The maximum Gasteiger partial charge on any atom is 0.258 e. The first-order chi connectivity index (χ1) is 9.04. The molecule has 1 aliphatic rings. The topological polar surface area (TPSA) is 88.6 Å². The van der Waals surface area contributed by atoms with Crippen LogP contribution in [0.5, 0.6) is 5.75 Å². The lowest BCUT2D eigenvalue weighted by Gasteiger charge is -2.31. The van der Waals surface area contributed by atoms with Gasteiger partial charge in [-0.2, -0.15) is 0 Å². The molecule has 1 atom stereocenters. The van der Waals surface area contributed by atoms with Gasteiger partial charge in [0.2, 0.25) is 11.8 Å². The highest BCUT2D eigenvalue weighted by Crippen LogP contribution is 2.20. The van der Waals surface area contributed by atoms with E-state index in [0.717, 1.165) is 0 Å². The Balaban J connectivity index is 2.32. The molecule has 3 amide bonds. The Kier molecular flexibility index (Phi) is 3.46. The number of nitrogens with one attached hydrogen (secondary N) is 1. The van der Waals surface area contributed by atoms with Crippen LogP contribution in [0.25, 0.3) is 0 Å². The van der Waals surface area contributed by atoms with Crippen LogP contribution in [-0.2, 0) is 9.59 Å². The molecule has 1 saturated heterocycles. The van der Waals surface area contributed by atoms with E-state index >= 15 is 0 Å². The zero-order chi connectivity index (χ0) is 14.0. The molecule has 2 rings (SSSR count). The van der Waals surface area contributed by atoms with E-state index in [-0.39, 0.29) is 12.1 Å². The van der Waals surface area contributed by atoms with Crippen molar-refractivity contribution in [2.75, 3.05) is 13.7 Å². The van der Waals surface area contributed by atoms with Crippen LogP contribution < -0.4 is 10.1 Å². The number of rotatable bonds is 2. The van der Waals surface area contributed by atoms with E-state index in [4.69, 9.17) is 4.74 Å². The summed E-state index contributed by atoms with van der Waals surface area (Å²) in [5.74, 6) is -1.12. The summed E-state index contributed by atoms with van der Waals surface area (Å²) >= 11 is 0. The third-order valence-electron chi connectivity index (χ3n) is 2.92. The van der Waals surface area contributed by atoms with Crippen molar-refractivity contribution in [3.05, 3.63) is 24.0 Å². The van der Waals surface area contributed by atoms with Crippen molar-refractivity contribution >= 4 is 17.7 Å². The smallest absolute Gasteiger partial charge is 0.258 e. The minimum absolute atomic E-state index is 0.156. The molecule has 1 unspecified atom stereocenters. The molecule has 1 aliphatic heterocycles. The van der Waals surface area contributed by atoms with Crippen LogP contribution in [0, 0.1) is 0 Å². The number of carbonyl (C=O) groups excluding carboxylic acids is 3. The van der Waals surface area contributed by atoms with Crippen LogP contribution in [-0.4, -0.2) is 47.3 Å². The van der Waals surface area contributed by atoms with Gasteiger partial charge >= 0.3 is 0 Å². The SMILES string of the molecule is COc1cnccc1C(=O)N1CC(=O)NC(=O)C1C. The van der Waals surface area contributed by atoms with Crippen LogP contribution in [0.15, 0.2) is 18.5 Å². The molecule has 0 radical (unpaired) electrons. The summed E-state index contributed by atoms with van der Waals surface area (Å²) in [7, 11) is 1.42. The fourth-order valence-corrected chi connectivity index (χ4v) is 1.84. The van der Waals surface area contributed by atoms with E-state index in [1.807, 2.05) is 0 Å². The number of pyridine rings is 1. The molecule has 0 spiro atoms. The van der Waals surface area contributed by atoms with E-state index < -0.39 is 23.8 Å². The fourth-order valence-electron chi connectivity index (χ4n) is 1.84. The zero-order valence-corrected chi connectivity index (χ0v) is 10.5. The zero-order valence-electron chi connectivity index (χ0n) is 10.5. The Bertz CT molecular complexity index is 544. The Morgan fingerprint density at radius 1 is 1.53 bits per heavy atom. The third-order valence-corrected chi connectivity index (χ3v) is 2.92. The van der Waals surface area contributed by atoms with E-state index in [9.17, 15) is 14.4 Å². The fraction of sp³-hybridized carbons (Fsp3) is 0.333. The van der Waals surface area contributed by atoms with Crippen LogP contribution in [0.4, 0.5) is 0 Å². The lowest BCUT2D eigenvalue weighted by atomic mass is 10.1. The number of aromatic nitrogens is 1. The van der Waals surface area contributed by atoms with Crippen LogP contribution in [0.3, 0.4) is 0 Å². The van der Waals surface area contributed by atoms with E-state index in [1.165, 1.54) is 30.5 Å². The van der Waals surface area contributed by atoms with Gasteiger partial charge in [0.05, 0.1) is 18.9 Å². The molecule has 0 saturated carbocycles. The largest absolute Gasteiger partial charge is 0.494 e. The van der Waals surface area contributed by atoms with Crippen molar-refractivity contribution in [3.63, 3.8) is 0 Å². The van der Waals surface area contributed by atoms with Crippen LogP contribution in [0.1, 0.15) is 17.3 Å².